The summed E-state index contributed by atoms with van der Waals surface area (Å²) in [6.45, 7) is 1.98. The van der Waals surface area contributed by atoms with Gasteiger partial charge in [0.1, 0.15) is 12.1 Å². The predicted molar refractivity (Wildman–Crippen MR) is 128 cm³/mol. The number of benzene rings is 2. The number of carbonyl (C=O) groups is 1. The number of pyridine rings is 1. The molecule has 4 rings (SSSR count). The first-order valence-corrected chi connectivity index (χ1v) is 10.2. The molecular formula is C25H24N6O. The van der Waals surface area contributed by atoms with Gasteiger partial charge in [0.25, 0.3) is 5.91 Å². The Balaban J connectivity index is 1.59. The van der Waals surface area contributed by atoms with Crippen LogP contribution in [0.15, 0.2) is 79.4 Å². The SMILES string of the molecule is Cc1ccc(C(=O)Nc2cccc(N(C)C)c2)cc1Nc1ncccc1-c1ccncn1. The van der Waals surface area contributed by atoms with E-state index in [4.69, 9.17) is 0 Å². The Hall–Kier alpha value is -4.26. The van der Waals surface area contributed by atoms with E-state index in [1.165, 1.54) is 6.33 Å². The van der Waals surface area contributed by atoms with Crippen molar-refractivity contribution in [3.05, 3.63) is 90.5 Å². The van der Waals surface area contributed by atoms with E-state index in [-0.39, 0.29) is 5.91 Å². The van der Waals surface area contributed by atoms with Crippen molar-refractivity contribution < 1.29 is 4.79 Å². The molecule has 2 aromatic carbocycles. The van der Waals surface area contributed by atoms with Crippen molar-refractivity contribution in [2.75, 3.05) is 29.6 Å². The van der Waals surface area contributed by atoms with E-state index in [9.17, 15) is 4.79 Å². The minimum Gasteiger partial charge on any atom is -0.378 e. The molecule has 7 heteroatoms. The van der Waals surface area contributed by atoms with Gasteiger partial charge in [-0.1, -0.05) is 12.1 Å². The standard InChI is InChI=1S/C25H24N6O/c1-17-9-10-18(25(32)29-19-6-4-7-20(15-19)31(2)3)14-23(17)30-24-21(8-5-12-27-24)22-11-13-26-16-28-22/h4-16H,1-3H3,(H,27,30)(H,29,32). The lowest BCUT2D eigenvalue weighted by molar-refractivity contribution is 0.102. The number of amides is 1. The van der Waals surface area contributed by atoms with Crippen molar-refractivity contribution in [1.82, 2.24) is 15.0 Å². The Kier molecular flexibility index (Phi) is 6.07. The highest BCUT2D eigenvalue weighted by atomic mass is 16.1. The molecule has 32 heavy (non-hydrogen) atoms. The van der Waals surface area contributed by atoms with E-state index in [0.717, 1.165) is 33.9 Å². The third-order valence-electron chi connectivity index (χ3n) is 5.04. The van der Waals surface area contributed by atoms with Crippen LogP contribution in [0.1, 0.15) is 15.9 Å². The number of anilines is 4. The van der Waals surface area contributed by atoms with E-state index in [0.29, 0.717) is 11.4 Å². The zero-order valence-electron chi connectivity index (χ0n) is 18.2. The molecule has 4 aromatic rings. The second-order valence-corrected chi connectivity index (χ2v) is 7.55. The van der Waals surface area contributed by atoms with Crippen LogP contribution in [0.3, 0.4) is 0 Å². The molecule has 0 unspecified atom stereocenters. The van der Waals surface area contributed by atoms with Gasteiger partial charge in [0.15, 0.2) is 0 Å². The highest BCUT2D eigenvalue weighted by Crippen LogP contribution is 2.28. The highest BCUT2D eigenvalue weighted by Gasteiger charge is 2.12. The van der Waals surface area contributed by atoms with Crippen LogP contribution in [0.2, 0.25) is 0 Å². The van der Waals surface area contributed by atoms with Crippen molar-refractivity contribution in [2.45, 2.75) is 6.92 Å². The maximum Gasteiger partial charge on any atom is 0.255 e. The van der Waals surface area contributed by atoms with E-state index in [1.807, 2.05) is 86.6 Å². The first-order chi connectivity index (χ1) is 15.5. The maximum atomic E-state index is 12.9. The smallest absolute Gasteiger partial charge is 0.255 e. The fourth-order valence-corrected chi connectivity index (χ4v) is 3.25. The van der Waals surface area contributed by atoms with Gasteiger partial charge in [0.2, 0.25) is 0 Å². The lowest BCUT2D eigenvalue weighted by Crippen LogP contribution is -2.14. The normalized spacial score (nSPS) is 10.5. The van der Waals surface area contributed by atoms with Crippen molar-refractivity contribution in [1.29, 1.82) is 0 Å². The summed E-state index contributed by atoms with van der Waals surface area (Å²) in [5.74, 6) is 0.478. The predicted octanol–water partition coefficient (Wildman–Crippen LogP) is 4.91. The third kappa shape index (κ3) is 4.73. The summed E-state index contributed by atoms with van der Waals surface area (Å²) in [6.07, 6.45) is 4.92. The quantitative estimate of drug-likeness (QED) is 0.458. The zero-order chi connectivity index (χ0) is 22.5. The summed E-state index contributed by atoms with van der Waals surface area (Å²) >= 11 is 0. The average molecular weight is 425 g/mol. The summed E-state index contributed by atoms with van der Waals surface area (Å²) in [5.41, 5.74) is 5.72. The molecule has 2 N–H and O–H groups in total. The van der Waals surface area contributed by atoms with Gasteiger partial charge in [0.05, 0.1) is 5.69 Å². The molecule has 0 saturated carbocycles. The summed E-state index contributed by atoms with van der Waals surface area (Å²) < 4.78 is 0. The molecule has 2 heterocycles. The average Bonchev–Trinajstić information content (AvgIpc) is 2.81. The van der Waals surface area contributed by atoms with Gasteiger partial charge >= 0.3 is 0 Å². The minimum absolute atomic E-state index is 0.180. The largest absolute Gasteiger partial charge is 0.378 e. The van der Waals surface area contributed by atoms with Gasteiger partial charge in [-0.15, -0.1) is 0 Å². The van der Waals surface area contributed by atoms with Crippen LogP contribution >= 0.6 is 0 Å². The van der Waals surface area contributed by atoms with Crippen LogP contribution in [-0.2, 0) is 0 Å². The molecule has 0 saturated heterocycles. The first kappa shape index (κ1) is 21.0. The number of rotatable bonds is 6. The third-order valence-corrected chi connectivity index (χ3v) is 5.04. The van der Waals surface area contributed by atoms with Gasteiger partial charge in [-0.25, -0.2) is 15.0 Å². The first-order valence-electron chi connectivity index (χ1n) is 10.2. The number of nitrogens with zero attached hydrogens (tertiary/aromatic N) is 4. The van der Waals surface area contributed by atoms with Crippen LogP contribution in [-0.4, -0.2) is 35.0 Å². The molecule has 1 amide bonds. The summed E-state index contributed by atoms with van der Waals surface area (Å²) in [7, 11) is 3.93. The molecule has 0 bridgehead atoms. The van der Waals surface area contributed by atoms with Crippen molar-refractivity contribution in [2.24, 2.45) is 0 Å². The van der Waals surface area contributed by atoms with Gasteiger partial charge in [0, 0.05) is 54.7 Å². The van der Waals surface area contributed by atoms with E-state index in [2.05, 4.69) is 25.6 Å². The Morgan fingerprint density at radius 1 is 0.938 bits per heavy atom. The number of nitrogens with one attached hydrogen (secondary N) is 2. The molecule has 2 aromatic heterocycles. The topological polar surface area (TPSA) is 83.0 Å². The summed E-state index contributed by atoms with van der Waals surface area (Å²) in [6, 6.07) is 18.9. The maximum absolute atomic E-state index is 12.9. The number of aromatic nitrogens is 3. The molecule has 160 valence electrons. The van der Waals surface area contributed by atoms with Crippen molar-refractivity contribution >= 4 is 28.8 Å². The molecule has 0 radical (unpaired) electrons. The van der Waals surface area contributed by atoms with Crippen LogP contribution in [0.5, 0.6) is 0 Å². The Labute approximate surface area is 187 Å². The van der Waals surface area contributed by atoms with Crippen LogP contribution in [0.25, 0.3) is 11.3 Å². The number of aryl methyl sites for hydroxylation is 1. The molecule has 0 aliphatic heterocycles. The molecule has 0 atom stereocenters. The molecule has 0 fully saturated rings. The van der Waals surface area contributed by atoms with Crippen molar-refractivity contribution in [3.63, 3.8) is 0 Å². The van der Waals surface area contributed by atoms with Crippen LogP contribution in [0.4, 0.5) is 22.9 Å². The van der Waals surface area contributed by atoms with E-state index < -0.39 is 0 Å². The highest BCUT2D eigenvalue weighted by molar-refractivity contribution is 6.05. The molecule has 0 aliphatic carbocycles. The second-order valence-electron chi connectivity index (χ2n) is 7.55. The summed E-state index contributed by atoms with van der Waals surface area (Å²) in [4.78, 5) is 27.7. The van der Waals surface area contributed by atoms with Gasteiger partial charge < -0.3 is 15.5 Å². The lowest BCUT2D eigenvalue weighted by Gasteiger charge is -2.15. The monoisotopic (exact) mass is 424 g/mol. The van der Waals surface area contributed by atoms with Crippen molar-refractivity contribution in [3.8, 4) is 11.3 Å². The van der Waals surface area contributed by atoms with Gasteiger partial charge in [-0.3, -0.25) is 4.79 Å². The molecule has 0 spiro atoms. The number of carbonyl (C=O) groups excluding carboxylic acids is 1. The Bertz CT molecular complexity index is 1240. The fourth-order valence-electron chi connectivity index (χ4n) is 3.25. The Morgan fingerprint density at radius 2 is 1.81 bits per heavy atom. The van der Waals surface area contributed by atoms with Gasteiger partial charge in [-0.2, -0.15) is 0 Å². The fraction of sp³-hybridized carbons (Fsp3) is 0.120. The second kappa shape index (κ2) is 9.26. The van der Waals surface area contributed by atoms with Crippen LogP contribution < -0.4 is 15.5 Å². The number of hydrogen-bond donors (Lipinski definition) is 2. The van der Waals surface area contributed by atoms with E-state index in [1.54, 1.807) is 12.4 Å². The summed E-state index contributed by atoms with van der Waals surface area (Å²) in [5, 5.41) is 6.34. The zero-order valence-corrected chi connectivity index (χ0v) is 18.2. The van der Waals surface area contributed by atoms with Gasteiger partial charge in [-0.05, 0) is 61.0 Å². The molecule has 0 aliphatic rings. The molecule has 7 nitrogen and oxygen atoms in total. The van der Waals surface area contributed by atoms with E-state index >= 15 is 0 Å². The number of hydrogen-bond acceptors (Lipinski definition) is 6. The minimum atomic E-state index is -0.180. The Morgan fingerprint density at radius 3 is 2.59 bits per heavy atom. The lowest BCUT2D eigenvalue weighted by atomic mass is 10.1. The van der Waals surface area contributed by atoms with Crippen LogP contribution in [0, 0.1) is 6.92 Å². The molecular weight excluding hydrogens is 400 g/mol.